The molecule has 7 heteroatoms. The Kier molecular flexibility index (Phi) is 7.99. The summed E-state index contributed by atoms with van der Waals surface area (Å²) in [6, 6.07) is 8.20. The Labute approximate surface area is 196 Å². The van der Waals surface area contributed by atoms with Crippen molar-refractivity contribution in [1.82, 2.24) is 0 Å². The summed E-state index contributed by atoms with van der Waals surface area (Å²) in [6.45, 7) is 17.0. The standard InChI is InChI=1S/C25H36O5SSi/c1-24(2,3)18-14-17(29-16-32(7,8)22-10-9-13-31-22)15-19(25(4,5)6)23(18)30-21(28)12-11-20(26)27/h9-10,13-15H,11-12,16H2,1-8H3,(H,26,27). The van der Waals surface area contributed by atoms with Gasteiger partial charge in [-0.15, -0.1) is 0 Å². The molecular formula is C25H36O5SSi. The van der Waals surface area contributed by atoms with E-state index in [0.717, 1.165) is 16.9 Å². The van der Waals surface area contributed by atoms with Crippen molar-refractivity contribution >= 4 is 35.8 Å². The van der Waals surface area contributed by atoms with Gasteiger partial charge < -0.3 is 14.6 Å². The lowest BCUT2D eigenvalue weighted by Crippen LogP contribution is -2.45. The summed E-state index contributed by atoms with van der Waals surface area (Å²) in [6.07, 6.45) is 0.234. The zero-order valence-electron chi connectivity index (χ0n) is 20.5. The van der Waals surface area contributed by atoms with Crippen molar-refractivity contribution < 1.29 is 24.2 Å². The van der Waals surface area contributed by atoms with Crippen LogP contribution in [0.5, 0.6) is 11.5 Å². The van der Waals surface area contributed by atoms with Crippen LogP contribution in [0, 0.1) is 0 Å². The van der Waals surface area contributed by atoms with Gasteiger partial charge in [0, 0.05) is 11.1 Å². The van der Waals surface area contributed by atoms with Crippen LogP contribution in [0.4, 0.5) is 0 Å². The minimum Gasteiger partial charge on any atom is -0.497 e. The van der Waals surface area contributed by atoms with E-state index in [9.17, 15) is 9.59 Å². The molecule has 1 aromatic heterocycles. The van der Waals surface area contributed by atoms with Crippen LogP contribution in [0.25, 0.3) is 0 Å². The van der Waals surface area contributed by atoms with Crippen LogP contribution in [0.1, 0.15) is 65.5 Å². The largest absolute Gasteiger partial charge is 0.497 e. The van der Waals surface area contributed by atoms with E-state index in [-0.39, 0.29) is 23.7 Å². The summed E-state index contributed by atoms with van der Waals surface area (Å²) >= 11 is 1.78. The van der Waals surface area contributed by atoms with Crippen molar-refractivity contribution in [3.05, 3.63) is 40.8 Å². The second kappa shape index (κ2) is 9.79. The first kappa shape index (κ1) is 26.1. The number of hydrogen-bond donors (Lipinski definition) is 1. The SMILES string of the molecule is CC(C)(C)c1cc(OC[Si](C)(C)c2cccs2)cc(C(C)(C)C)c1OC(=O)CCC(=O)O. The summed E-state index contributed by atoms with van der Waals surface area (Å²) < 4.78 is 13.5. The molecule has 0 aliphatic carbocycles. The van der Waals surface area contributed by atoms with Gasteiger partial charge in [0.1, 0.15) is 19.6 Å². The topological polar surface area (TPSA) is 72.8 Å². The summed E-state index contributed by atoms with van der Waals surface area (Å²) in [5.41, 5.74) is 1.14. The van der Waals surface area contributed by atoms with Gasteiger partial charge >= 0.3 is 11.9 Å². The number of carboxylic acids is 1. The van der Waals surface area contributed by atoms with Crippen LogP contribution in [-0.4, -0.2) is 31.3 Å². The van der Waals surface area contributed by atoms with Crippen LogP contribution in [0.3, 0.4) is 0 Å². The lowest BCUT2D eigenvalue weighted by molar-refractivity contribution is -0.142. The van der Waals surface area contributed by atoms with Gasteiger partial charge in [-0.1, -0.05) is 66.8 Å². The summed E-state index contributed by atoms with van der Waals surface area (Å²) in [5, 5.41) is 11.0. The van der Waals surface area contributed by atoms with E-state index < -0.39 is 20.0 Å². The smallest absolute Gasteiger partial charge is 0.311 e. The molecule has 32 heavy (non-hydrogen) atoms. The first-order valence-corrected chi connectivity index (χ1v) is 15.0. The van der Waals surface area contributed by atoms with E-state index >= 15 is 0 Å². The molecule has 1 heterocycles. The molecular weight excluding hydrogens is 440 g/mol. The number of ether oxygens (including phenoxy) is 2. The fourth-order valence-corrected chi connectivity index (χ4v) is 6.62. The Morgan fingerprint density at radius 1 is 1.00 bits per heavy atom. The molecule has 0 amide bonds. The second-order valence-electron chi connectivity index (χ2n) is 10.9. The number of thiophene rings is 1. The molecule has 1 aromatic carbocycles. The van der Waals surface area contributed by atoms with E-state index in [1.807, 2.05) is 12.1 Å². The van der Waals surface area contributed by atoms with Crippen LogP contribution in [0.15, 0.2) is 29.6 Å². The fraction of sp³-hybridized carbons (Fsp3) is 0.520. The maximum absolute atomic E-state index is 12.4. The minimum absolute atomic E-state index is 0.165. The molecule has 2 aromatic rings. The van der Waals surface area contributed by atoms with Gasteiger partial charge in [-0.25, -0.2) is 0 Å². The molecule has 0 saturated heterocycles. The number of hydrogen-bond acceptors (Lipinski definition) is 5. The van der Waals surface area contributed by atoms with E-state index in [1.54, 1.807) is 11.3 Å². The van der Waals surface area contributed by atoms with Gasteiger partial charge in [-0.2, -0.15) is 11.3 Å². The Morgan fingerprint density at radius 2 is 1.56 bits per heavy atom. The monoisotopic (exact) mass is 476 g/mol. The molecule has 0 saturated carbocycles. The number of carbonyl (C=O) groups is 2. The molecule has 0 fully saturated rings. The highest BCUT2D eigenvalue weighted by Crippen LogP contribution is 2.43. The third kappa shape index (κ3) is 6.94. The minimum atomic E-state index is -1.74. The molecule has 0 radical (unpaired) electrons. The number of rotatable bonds is 8. The predicted octanol–water partition coefficient (Wildman–Crippen LogP) is 5.65. The quantitative estimate of drug-likeness (QED) is 0.303. The van der Waals surface area contributed by atoms with Crippen molar-refractivity contribution in [2.45, 2.75) is 78.3 Å². The third-order valence-electron chi connectivity index (χ3n) is 5.23. The number of aliphatic carboxylic acids is 1. The van der Waals surface area contributed by atoms with E-state index in [1.165, 1.54) is 4.50 Å². The van der Waals surface area contributed by atoms with E-state index in [0.29, 0.717) is 12.0 Å². The lowest BCUT2D eigenvalue weighted by Gasteiger charge is -2.30. The number of carbonyl (C=O) groups excluding carboxylic acids is 1. The van der Waals surface area contributed by atoms with E-state index in [4.69, 9.17) is 14.6 Å². The Bertz CT molecular complexity index is 915. The van der Waals surface area contributed by atoms with Crippen molar-refractivity contribution in [1.29, 1.82) is 0 Å². The highest BCUT2D eigenvalue weighted by molar-refractivity contribution is 7.25. The zero-order chi connectivity index (χ0) is 24.3. The fourth-order valence-electron chi connectivity index (χ4n) is 3.28. The number of esters is 1. The Hall–Kier alpha value is -2.12. The molecule has 0 aliphatic rings. The van der Waals surface area contributed by atoms with Crippen LogP contribution >= 0.6 is 11.3 Å². The maximum Gasteiger partial charge on any atom is 0.311 e. The highest BCUT2D eigenvalue weighted by atomic mass is 32.1. The molecule has 2 rings (SSSR count). The molecule has 0 atom stereocenters. The average Bonchev–Trinajstić information content (AvgIpc) is 3.19. The summed E-state index contributed by atoms with van der Waals surface area (Å²) in [4.78, 5) is 23.3. The Balaban J connectivity index is 2.45. The van der Waals surface area contributed by atoms with Gasteiger partial charge in [0.15, 0.2) is 0 Å². The van der Waals surface area contributed by atoms with Crippen LogP contribution in [-0.2, 0) is 20.4 Å². The maximum atomic E-state index is 12.4. The lowest BCUT2D eigenvalue weighted by atomic mass is 9.79. The van der Waals surface area contributed by atoms with Gasteiger partial charge in [-0.3, -0.25) is 9.59 Å². The molecule has 0 spiro atoms. The molecule has 0 bridgehead atoms. The van der Waals surface area contributed by atoms with Crippen LogP contribution < -0.4 is 14.0 Å². The van der Waals surface area contributed by atoms with Crippen LogP contribution in [0.2, 0.25) is 13.1 Å². The highest BCUT2D eigenvalue weighted by Gasteiger charge is 2.31. The normalized spacial score (nSPS) is 12.5. The molecule has 176 valence electrons. The number of carboxylic acid groups (broad SMARTS) is 1. The van der Waals surface area contributed by atoms with Crippen molar-refractivity contribution in [3.63, 3.8) is 0 Å². The molecule has 5 nitrogen and oxygen atoms in total. The van der Waals surface area contributed by atoms with Crippen molar-refractivity contribution in [3.8, 4) is 11.5 Å². The summed E-state index contributed by atoms with van der Waals surface area (Å²) in [5.74, 6) is -0.275. The Morgan fingerprint density at radius 3 is 2.00 bits per heavy atom. The average molecular weight is 477 g/mol. The zero-order valence-corrected chi connectivity index (χ0v) is 22.3. The third-order valence-corrected chi connectivity index (χ3v) is 10.3. The predicted molar refractivity (Wildman–Crippen MR) is 133 cm³/mol. The summed E-state index contributed by atoms with van der Waals surface area (Å²) in [7, 11) is -1.74. The van der Waals surface area contributed by atoms with Crippen molar-refractivity contribution in [2.24, 2.45) is 0 Å². The van der Waals surface area contributed by atoms with Gasteiger partial charge in [-0.05, 0) is 32.8 Å². The molecule has 0 unspecified atom stereocenters. The first-order chi connectivity index (χ1) is 14.6. The molecule has 0 aliphatic heterocycles. The first-order valence-electron chi connectivity index (χ1n) is 10.9. The van der Waals surface area contributed by atoms with E-state index in [2.05, 4.69) is 72.1 Å². The van der Waals surface area contributed by atoms with Gasteiger partial charge in [0.2, 0.25) is 0 Å². The number of benzene rings is 1. The second-order valence-corrected chi connectivity index (χ2v) is 16.8. The molecule has 1 N–H and O–H groups in total. The van der Waals surface area contributed by atoms with Crippen molar-refractivity contribution in [2.75, 3.05) is 6.23 Å². The van der Waals surface area contributed by atoms with Gasteiger partial charge in [0.05, 0.1) is 19.1 Å². The van der Waals surface area contributed by atoms with Gasteiger partial charge in [0.25, 0.3) is 0 Å².